The third-order valence-electron chi connectivity index (χ3n) is 0.814. The fourth-order valence-electron chi connectivity index (χ4n) is 0.402. The predicted molar refractivity (Wildman–Crippen MR) is 41.7 cm³/mol. The summed E-state index contributed by atoms with van der Waals surface area (Å²) in [7, 11) is 0. The molecule has 0 bridgehead atoms. The van der Waals surface area contributed by atoms with E-state index in [-0.39, 0.29) is 25.6 Å². The molecule has 0 aromatic heterocycles. The van der Waals surface area contributed by atoms with Crippen LogP contribution in [0.3, 0.4) is 0 Å². The maximum Gasteiger partial charge on any atom is 0.315 e. The summed E-state index contributed by atoms with van der Waals surface area (Å²) < 4.78 is 22.9. The monoisotopic (exact) mass is 204 g/mol. The number of rotatable bonds is 4. The summed E-state index contributed by atoms with van der Waals surface area (Å²) in [4.78, 5) is 10.4. The molecule has 12 heavy (non-hydrogen) atoms. The maximum absolute atomic E-state index is 11.4. The Hall–Kier alpha value is -0.620. The molecule has 0 unspecified atom stereocenters. The molecule has 0 aliphatic heterocycles. The molecule has 0 aliphatic carbocycles. The molecule has 0 aromatic rings. The molecule has 0 saturated heterocycles. The topological polar surface area (TPSA) is 61.4 Å². The van der Waals surface area contributed by atoms with Crippen LogP contribution in [-0.4, -0.2) is 37.3 Å². The van der Waals surface area contributed by atoms with E-state index in [1.807, 2.05) is 5.32 Å². The largest absolute Gasteiger partial charge is 0.395 e. The fourth-order valence-corrected chi connectivity index (χ4v) is 0.402. The van der Waals surface area contributed by atoms with Crippen LogP contribution in [0.15, 0.2) is 0 Å². The van der Waals surface area contributed by atoms with Crippen molar-refractivity contribution in [3.05, 3.63) is 0 Å². The van der Waals surface area contributed by atoms with E-state index in [2.05, 4.69) is 5.32 Å². The molecule has 0 radical (unpaired) electrons. The quantitative estimate of drug-likeness (QED) is 0.602. The van der Waals surface area contributed by atoms with E-state index in [1.54, 1.807) is 0 Å². The molecule has 3 N–H and O–H groups in total. The van der Waals surface area contributed by atoms with Crippen LogP contribution < -0.4 is 10.6 Å². The van der Waals surface area contributed by atoms with Gasteiger partial charge in [0.2, 0.25) is 0 Å². The highest BCUT2D eigenvalue weighted by molar-refractivity contribution is 5.85. The molecule has 0 atom stereocenters. The van der Waals surface area contributed by atoms with Gasteiger partial charge in [-0.15, -0.1) is 12.4 Å². The molecule has 0 heterocycles. The van der Waals surface area contributed by atoms with Gasteiger partial charge in [0.25, 0.3) is 6.43 Å². The first-order valence-corrected chi connectivity index (χ1v) is 3.07. The molecular formula is C5H11ClF2N2O2. The van der Waals surface area contributed by atoms with Gasteiger partial charge in [0.15, 0.2) is 0 Å². The van der Waals surface area contributed by atoms with Gasteiger partial charge in [0.1, 0.15) is 0 Å². The first-order valence-electron chi connectivity index (χ1n) is 3.07. The van der Waals surface area contributed by atoms with Gasteiger partial charge in [-0.25, -0.2) is 13.6 Å². The Morgan fingerprint density at radius 1 is 1.42 bits per heavy atom. The molecule has 7 heteroatoms. The number of hydrogen-bond donors (Lipinski definition) is 3. The second-order valence-electron chi connectivity index (χ2n) is 1.75. The normalized spacial score (nSPS) is 9.00. The number of amides is 2. The van der Waals surface area contributed by atoms with Gasteiger partial charge >= 0.3 is 6.03 Å². The molecule has 2 amide bonds. The lowest BCUT2D eigenvalue weighted by Crippen LogP contribution is -2.39. The van der Waals surface area contributed by atoms with Crippen LogP contribution in [-0.2, 0) is 0 Å². The molecule has 0 saturated carbocycles. The zero-order valence-corrected chi connectivity index (χ0v) is 7.03. The van der Waals surface area contributed by atoms with Crippen molar-refractivity contribution in [3.8, 4) is 0 Å². The summed E-state index contributed by atoms with van der Waals surface area (Å²) >= 11 is 0. The average molecular weight is 205 g/mol. The number of carbonyl (C=O) groups is 1. The SMILES string of the molecule is Cl.O=C(NCCO)NCC(F)F. The van der Waals surface area contributed by atoms with E-state index in [0.29, 0.717) is 0 Å². The Morgan fingerprint density at radius 3 is 2.42 bits per heavy atom. The van der Waals surface area contributed by atoms with Gasteiger partial charge in [-0.1, -0.05) is 0 Å². The smallest absolute Gasteiger partial charge is 0.315 e. The third-order valence-corrected chi connectivity index (χ3v) is 0.814. The van der Waals surface area contributed by atoms with Crippen molar-refractivity contribution in [3.63, 3.8) is 0 Å². The molecule has 0 aromatic carbocycles. The summed E-state index contributed by atoms with van der Waals surface area (Å²) in [5, 5.41) is 12.3. The summed E-state index contributed by atoms with van der Waals surface area (Å²) in [5.41, 5.74) is 0. The molecule has 0 aliphatic rings. The van der Waals surface area contributed by atoms with Crippen molar-refractivity contribution in [2.45, 2.75) is 6.43 Å². The fraction of sp³-hybridized carbons (Fsp3) is 0.800. The Bertz CT molecular complexity index is 126. The van der Waals surface area contributed by atoms with Gasteiger partial charge in [0.05, 0.1) is 13.2 Å². The van der Waals surface area contributed by atoms with Crippen LogP contribution in [0, 0.1) is 0 Å². The zero-order valence-electron chi connectivity index (χ0n) is 6.22. The number of aliphatic hydroxyl groups is 1. The minimum atomic E-state index is -2.55. The first-order chi connectivity index (χ1) is 5.16. The summed E-state index contributed by atoms with van der Waals surface area (Å²) in [6.07, 6.45) is -2.55. The van der Waals surface area contributed by atoms with Crippen LogP contribution in [0.1, 0.15) is 0 Å². The van der Waals surface area contributed by atoms with Gasteiger partial charge in [-0.3, -0.25) is 0 Å². The lowest BCUT2D eigenvalue weighted by molar-refractivity contribution is 0.146. The Kier molecular flexibility index (Phi) is 9.84. The number of urea groups is 1. The van der Waals surface area contributed by atoms with E-state index >= 15 is 0 Å². The van der Waals surface area contributed by atoms with Crippen molar-refractivity contribution in [1.82, 2.24) is 10.6 Å². The number of aliphatic hydroxyl groups excluding tert-OH is 1. The van der Waals surface area contributed by atoms with Gasteiger partial charge in [0, 0.05) is 6.54 Å². The average Bonchev–Trinajstić information content (AvgIpc) is 1.97. The van der Waals surface area contributed by atoms with E-state index in [9.17, 15) is 13.6 Å². The third kappa shape index (κ3) is 9.38. The van der Waals surface area contributed by atoms with Crippen molar-refractivity contribution in [1.29, 1.82) is 0 Å². The second kappa shape index (κ2) is 8.48. The Morgan fingerprint density at radius 2 is 2.00 bits per heavy atom. The Labute approximate surface area is 74.7 Å². The summed E-state index contributed by atoms with van der Waals surface area (Å²) in [6.45, 7) is -0.811. The summed E-state index contributed by atoms with van der Waals surface area (Å²) in [5.74, 6) is 0. The highest BCUT2D eigenvalue weighted by Crippen LogP contribution is 1.86. The van der Waals surface area contributed by atoms with Crippen LogP contribution in [0.4, 0.5) is 13.6 Å². The lowest BCUT2D eigenvalue weighted by Gasteiger charge is -2.04. The molecule has 4 nitrogen and oxygen atoms in total. The zero-order chi connectivity index (χ0) is 8.69. The van der Waals surface area contributed by atoms with Crippen LogP contribution in [0.2, 0.25) is 0 Å². The molecule has 0 fully saturated rings. The first kappa shape index (κ1) is 13.9. The predicted octanol–water partition coefficient (Wildman–Crippen LogP) is -0.0352. The number of nitrogens with one attached hydrogen (secondary N) is 2. The van der Waals surface area contributed by atoms with Crippen LogP contribution >= 0.6 is 12.4 Å². The van der Waals surface area contributed by atoms with Crippen molar-refractivity contribution in [2.75, 3.05) is 19.7 Å². The van der Waals surface area contributed by atoms with Gasteiger partial charge in [-0.2, -0.15) is 0 Å². The van der Waals surface area contributed by atoms with Crippen molar-refractivity contribution in [2.24, 2.45) is 0 Å². The van der Waals surface area contributed by atoms with Crippen LogP contribution in [0.25, 0.3) is 0 Å². The van der Waals surface area contributed by atoms with E-state index < -0.39 is 19.0 Å². The van der Waals surface area contributed by atoms with Crippen molar-refractivity contribution >= 4 is 18.4 Å². The van der Waals surface area contributed by atoms with Crippen LogP contribution in [0.5, 0.6) is 0 Å². The second-order valence-corrected chi connectivity index (χ2v) is 1.75. The Balaban J connectivity index is 0. The summed E-state index contributed by atoms with van der Waals surface area (Å²) in [6, 6.07) is -0.695. The maximum atomic E-state index is 11.4. The molecule has 74 valence electrons. The van der Waals surface area contributed by atoms with E-state index in [4.69, 9.17) is 5.11 Å². The minimum Gasteiger partial charge on any atom is -0.395 e. The highest BCUT2D eigenvalue weighted by Gasteiger charge is 2.04. The number of hydrogen-bond acceptors (Lipinski definition) is 2. The lowest BCUT2D eigenvalue weighted by atomic mass is 10.6. The molecular weight excluding hydrogens is 194 g/mol. The number of halogens is 3. The minimum absolute atomic E-state index is 0. The molecule has 0 spiro atoms. The molecule has 0 rings (SSSR count). The van der Waals surface area contributed by atoms with Gasteiger partial charge in [-0.05, 0) is 0 Å². The van der Waals surface area contributed by atoms with Gasteiger partial charge < -0.3 is 15.7 Å². The highest BCUT2D eigenvalue weighted by atomic mass is 35.5. The van der Waals surface area contributed by atoms with E-state index in [1.165, 1.54) is 0 Å². The van der Waals surface area contributed by atoms with E-state index in [0.717, 1.165) is 0 Å². The number of carbonyl (C=O) groups excluding carboxylic acids is 1. The standard InChI is InChI=1S/C5H10F2N2O2.ClH/c6-4(7)3-9-5(11)8-1-2-10;/h4,10H,1-3H2,(H2,8,9,11);1H. The number of alkyl halides is 2. The van der Waals surface area contributed by atoms with Crippen molar-refractivity contribution < 1.29 is 18.7 Å².